The molecule has 1 amide bonds. The largest absolute Gasteiger partial charge is 0.352 e. The highest BCUT2D eigenvalue weighted by molar-refractivity contribution is 5.99. The first-order valence-corrected chi connectivity index (χ1v) is 7.87. The second-order valence-electron chi connectivity index (χ2n) is 5.40. The van der Waals surface area contributed by atoms with Gasteiger partial charge in [-0.3, -0.25) is 9.78 Å². The first-order valence-electron chi connectivity index (χ1n) is 7.87. The molecule has 0 radical (unpaired) electrons. The summed E-state index contributed by atoms with van der Waals surface area (Å²) in [4.78, 5) is 20.7. The lowest BCUT2D eigenvalue weighted by Gasteiger charge is -2.11. The fourth-order valence-corrected chi connectivity index (χ4v) is 2.35. The number of aromatic nitrogens is 2. The van der Waals surface area contributed by atoms with Crippen LogP contribution in [-0.2, 0) is 6.42 Å². The van der Waals surface area contributed by atoms with Crippen molar-refractivity contribution in [2.24, 2.45) is 0 Å². The summed E-state index contributed by atoms with van der Waals surface area (Å²) in [6, 6.07) is 13.2. The van der Waals surface area contributed by atoms with E-state index in [4.69, 9.17) is 0 Å². The lowest BCUT2D eigenvalue weighted by Crippen LogP contribution is -2.26. The van der Waals surface area contributed by atoms with Gasteiger partial charge in [0.15, 0.2) is 0 Å². The van der Waals surface area contributed by atoms with Crippen LogP contribution < -0.4 is 10.6 Å². The SMILES string of the molecule is O=C(NCCc1cccnc1)c1cccnc1Nc1cccc(F)c1. The van der Waals surface area contributed by atoms with Crippen LogP contribution in [0.3, 0.4) is 0 Å². The van der Waals surface area contributed by atoms with Crippen molar-refractivity contribution in [3.63, 3.8) is 0 Å². The van der Waals surface area contributed by atoms with E-state index in [2.05, 4.69) is 20.6 Å². The number of benzene rings is 1. The number of carbonyl (C=O) groups is 1. The summed E-state index contributed by atoms with van der Waals surface area (Å²) in [7, 11) is 0. The van der Waals surface area contributed by atoms with E-state index in [0.717, 1.165) is 5.56 Å². The third-order valence-corrected chi connectivity index (χ3v) is 3.56. The van der Waals surface area contributed by atoms with Crippen LogP contribution in [0.15, 0.2) is 67.1 Å². The van der Waals surface area contributed by atoms with Gasteiger partial charge < -0.3 is 10.6 Å². The highest BCUT2D eigenvalue weighted by atomic mass is 19.1. The second-order valence-corrected chi connectivity index (χ2v) is 5.40. The van der Waals surface area contributed by atoms with Gasteiger partial charge in [0.2, 0.25) is 0 Å². The molecule has 126 valence electrons. The van der Waals surface area contributed by atoms with Gasteiger partial charge in [0.05, 0.1) is 5.56 Å². The van der Waals surface area contributed by atoms with Crippen molar-refractivity contribution in [1.29, 1.82) is 0 Å². The Morgan fingerprint density at radius 3 is 2.76 bits per heavy atom. The van der Waals surface area contributed by atoms with Gasteiger partial charge in [-0.1, -0.05) is 12.1 Å². The van der Waals surface area contributed by atoms with Crippen molar-refractivity contribution >= 4 is 17.4 Å². The van der Waals surface area contributed by atoms with Gasteiger partial charge in [-0.25, -0.2) is 9.37 Å². The zero-order chi connectivity index (χ0) is 17.5. The number of hydrogen-bond donors (Lipinski definition) is 2. The molecule has 3 aromatic rings. The molecule has 1 aromatic carbocycles. The summed E-state index contributed by atoms with van der Waals surface area (Å²) in [5.41, 5.74) is 1.98. The van der Waals surface area contributed by atoms with Gasteiger partial charge in [0.1, 0.15) is 11.6 Å². The second kappa shape index (κ2) is 8.01. The van der Waals surface area contributed by atoms with E-state index in [9.17, 15) is 9.18 Å². The third kappa shape index (κ3) is 4.60. The smallest absolute Gasteiger partial charge is 0.255 e. The van der Waals surface area contributed by atoms with Crippen molar-refractivity contribution in [2.45, 2.75) is 6.42 Å². The van der Waals surface area contributed by atoms with Crippen LogP contribution >= 0.6 is 0 Å². The van der Waals surface area contributed by atoms with E-state index in [-0.39, 0.29) is 11.7 Å². The first-order chi connectivity index (χ1) is 12.2. The predicted octanol–water partition coefficient (Wildman–Crippen LogP) is 3.33. The van der Waals surface area contributed by atoms with Crippen LogP contribution in [0.5, 0.6) is 0 Å². The summed E-state index contributed by atoms with van der Waals surface area (Å²) in [5.74, 6) is -0.216. The minimum atomic E-state index is -0.358. The Hall–Kier alpha value is -3.28. The van der Waals surface area contributed by atoms with Gasteiger partial charge in [0, 0.05) is 30.8 Å². The molecule has 0 bridgehead atoms. The molecule has 2 aromatic heterocycles. The number of rotatable bonds is 6. The van der Waals surface area contributed by atoms with E-state index in [1.165, 1.54) is 12.1 Å². The summed E-state index contributed by atoms with van der Waals surface area (Å²) in [6.07, 6.45) is 5.75. The molecule has 6 heteroatoms. The van der Waals surface area contributed by atoms with Gasteiger partial charge in [-0.15, -0.1) is 0 Å². The van der Waals surface area contributed by atoms with Crippen LogP contribution in [-0.4, -0.2) is 22.4 Å². The summed E-state index contributed by atoms with van der Waals surface area (Å²) in [6.45, 7) is 0.485. The van der Waals surface area contributed by atoms with E-state index in [1.54, 1.807) is 42.9 Å². The van der Waals surface area contributed by atoms with Crippen LogP contribution in [0.25, 0.3) is 0 Å². The number of amides is 1. The Balaban J connectivity index is 1.66. The maximum absolute atomic E-state index is 13.3. The molecular weight excluding hydrogens is 319 g/mol. The zero-order valence-corrected chi connectivity index (χ0v) is 13.4. The quantitative estimate of drug-likeness (QED) is 0.724. The van der Waals surface area contributed by atoms with Gasteiger partial charge in [0.25, 0.3) is 5.91 Å². The van der Waals surface area contributed by atoms with E-state index in [1.807, 2.05) is 12.1 Å². The lowest BCUT2D eigenvalue weighted by molar-refractivity contribution is 0.0954. The van der Waals surface area contributed by atoms with Gasteiger partial charge in [-0.2, -0.15) is 0 Å². The van der Waals surface area contributed by atoms with Crippen LogP contribution in [0.1, 0.15) is 15.9 Å². The maximum Gasteiger partial charge on any atom is 0.255 e. The maximum atomic E-state index is 13.3. The molecule has 0 spiro atoms. The standard InChI is InChI=1S/C19H17FN4O/c20-15-5-1-6-16(12-15)24-18-17(7-3-10-22-18)19(25)23-11-8-14-4-2-9-21-13-14/h1-7,9-10,12-13H,8,11H2,(H,22,24)(H,23,25). The number of pyridine rings is 2. The van der Waals surface area contributed by atoms with Crippen molar-refractivity contribution < 1.29 is 9.18 Å². The van der Waals surface area contributed by atoms with Crippen LogP contribution in [0.2, 0.25) is 0 Å². The summed E-state index contributed by atoms with van der Waals surface area (Å²) >= 11 is 0. The molecule has 0 aliphatic heterocycles. The number of nitrogens with one attached hydrogen (secondary N) is 2. The highest BCUT2D eigenvalue weighted by Crippen LogP contribution is 2.19. The molecule has 0 unspecified atom stereocenters. The van der Waals surface area contributed by atoms with Crippen molar-refractivity contribution in [3.05, 3.63) is 84.1 Å². The number of carbonyl (C=O) groups excluding carboxylic acids is 1. The van der Waals surface area contributed by atoms with Crippen molar-refractivity contribution in [1.82, 2.24) is 15.3 Å². The average molecular weight is 336 g/mol. The Labute approximate surface area is 145 Å². The van der Waals surface area contributed by atoms with E-state index in [0.29, 0.717) is 30.0 Å². The van der Waals surface area contributed by atoms with Crippen molar-refractivity contribution in [3.8, 4) is 0 Å². The Kier molecular flexibility index (Phi) is 5.31. The predicted molar refractivity (Wildman–Crippen MR) is 94.2 cm³/mol. The highest BCUT2D eigenvalue weighted by Gasteiger charge is 2.12. The number of halogens is 1. The summed E-state index contributed by atoms with van der Waals surface area (Å²) in [5, 5.41) is 5.84. The molecule has 3 rings (SSSR count). The van der Waals surface area contributed by atoms with Crippen LogP contribution in [0, 0.1) is 5.82 Å². The minimum absolute atomic E-state index is 0.240. The normalized spacial score (nSPS) is 10.3. The topological polar surface area (TPSA) is 66.9 Å². The Morgan fingerprint density at radius 2 is 1.96 bits per heavy atom. The van der Waals surface area contributed by atoms with Gasteiger partial charge >= 0.3 is 0 Å². The molecule has 5 nitrogen and oxygen atoms in total. The molecule has 0 saturated heterocycles. The number of hydrogen-bond acceptors (Lipinski definition) is 4. The monoisotopic (exact) mass is 336 g/mol. The van der Waals surface area contributed by atoms with Crippen molar-refractivity contribution in [2.75, 3.05) is 11.9 Å². The molecule has 0 aliphatic rings. The molecule has 0 atom stereocenters. The molecule has 0 fully saturated rings. The third-order valence-electron chi connectivity index (χ3n) is 3.56. The average Bonchev–Trinajstić information content (AvgIpc) is 2.63. The molecule has 2 N–H and O–H groups in total. The lowest BCUT2D eigenvalue weighted by atomic mass is 10.2. The number of nitrogens with zero attached hydrogens (tertiary/aromatic N) is 2. The van der Waals surface area contributed by atoms with E-state index >= 15 is 0 Å². The Morgan fingerprint density at radius 1 is 1.08 bits per heavy atom. The fourth-order valence-electron chi connectivity index (χ4n) is 2.35. The van der Waals surface area contributed by atoms with E-state index < -0.39 is 0 Å². The zero-order valence-electron chi connectivity index (χ0n) is 13.4. The Bertz CT molecular complexity index is 855. The molecular formula is C19H17FN4O. The minimum Gasteiger partial charge on any atom is -0.352 e. The number of anilines is 2. The fraction of sp³-hybridized carbons (Fsp3) is 0.105. The molecule has 0 aliphatic carbocycles. The summed E-state index contributed by atoms with van der Waals surface area (Å²) < 4.78 is 13.3. The first kappa shape index (κ1) is 16.6. The van der Waals surface area contributed by atoms with Crippen LogP contribution in [0.4, 0.5) is 15.9 Å². The molecule has 2 heterocycles. The molecule has 0 saturated carbocycles. The van der Waals surface area contributed by atoms with Gasteiger partial charge in [-0.05, 0) is 48.4 Å². The molecule has 25 heavy (non-hydrogen) atoms.